The van der Waals surface area contributed by atoms with Crippen molar-refractivity contribution < 1.29 is 9.59 Å². The fraction of sp³-hybridized carbons (Fsp3) is 0.154. The van der Waals surface area contributed by atoms with Gasteiger partial charge in [-0.2, -0.15) is 0 Å². The first-order chi connectivity index (χ1) is 9.65. The summed E-state index contributed by atoms with van der Waals surface area (Å²) >= 11 is 1.28. The molecule has 0 spiro atoms. The molecule has 4 N–H and O–H groups in total. The number of nitrogens with one attached hydrogen (secondary N) is 2. The maximum atomic E-state index is 11.6. The van der Waals surface area contributed by atoms with Crippen LogP contribution < -0.4 is 16.4 Å². The number of hydrogen-bond donors (Lipinski definition) is 3. The molecule has 0 saturated heterocycles. The largest absolute Gasteiger partial charge is 0.364 e. The number of carbonyl (C=O) groups is 2. The Kier molecular flexibility index (Phi) is 4.67. The number of rotatable bonds is 5. The van der Waals surface area contributed by atoms with E-state index in [2.05, 4.69) is 15.6 Å². The SMILES string of the molecule is NC(=O)c1csc(CNC(=O)NCc2ccccc2)n1. The third kappa shape index (κ3) is 4.06. The van der Waals surface area contributed by atoms with Crippen molar-refractivity contribution in [2.24, 2.45) is 5.73 Å². The minimum absolute atomic E-state index is 0.219. The van der Waals surface area contributed by atoms with Crippen molar-refractivity contribution in [3.8, 4) is 0 Å². The molecule has 20 heavy (non-hydrogen) atoms. The smallest absolute Gasteiger partial charge is 0.315 e. The normalized spacial score (nSPS) is 10.0. The van der Waals surface area contributed by atoms with Gasteiger partial charge in [0.1, 0.15) is 10.7 Å². The molecule has 1 heterocycles. The Balaban J connectivity index is 1.76. The van der Waals surface area contributed by atoms with E-state index in [9.17, 15) is 9.59 Å². The van der Waals surface area contributed by atoms with Crippen LogP contribution in [0.2, 0.25) is 0 Å². The predicted octanol–water partition coefficient (Wildman–Crippen LogP) is 1.24. The molecule has 0 bridgehead atoms. The number of primary amides is 1. The number of nitrogens with two attached hydrogens (primary N) is 1. The summed E-state index contributed by atoms with van der Waals surface area (Å²) in [6.07, 6.45) is 0. The molecule has 0 saturated carbocycles. The molecule has 0 aliphatic heterocycles. The second kappa shape index (κ2) is 6.67. The summed E-state index contributed by atoms with van der Waals surface area (Å²) in [5.41, 5.74) is 6.34. The van der Waals surface area contributed by atoms with E-state index < -0.39 is 5.91 Å². The third-order valence-electron chi connectivity index (χ3n) is 2.50. The van der Waals surface area contributed by atoms with Crippen LogP contribution in [0.15, 0.2) is 35.7 Å². The Bertz CT molecular complexity index is 597. The van der Waals surface area contributed by atoms with Gasteiger partial charge in [0.15, 0.2) is 0 Å². The van der Waals surface area contributed by atoms with Crippen LogP contribution in [-0.2, 0) is 13.1 Å². The third-order valence-corrected chi connectivity index (χ3v) is 3.35. The van der Waals surface area contributed by atoms with Gasteiger partial charge < -0.3 is 16.4 Å². The molecule has 3 amide bonds. The molecule has 2 rings (SSSR count). The molecule has 7 heteroatoms. The van der Waals surface area contributed by atoms with Gasteiger partial charge in [0.2, 0.25) is 0 Å². The van der Waals surface area contributed by atoms with Crippen molar-refractivity contribution in [2.75, 3.05) is 0 Å². The zero-order valence-corrected chi connectivity index (χ0v) is 11.4. The Morgan fingerprint density at radius 2 is 1.85 bits per heavy atom. The van der Waals surface area contributed by atoms with E-state index in [-0.39, 0.29) is 18.3 Å². The topological polar surface area (TPSA) is 97.1 Å². The molecular weight excluding hydrogens is 276 g/mol. The Hall–Kier alpha value is -2.41. The first-order valence-electron chi connectivity index (χ1n) is 5.95. The molecule has 1 aromatic carbocycles. The first-order valence-corrected chi connectivity index (χ1v) is 6.83. The Labute approximate surface area is 120 Å². The quantitative estimate of drug-likeness (QED) is 0.773. The molecule has 0 atom stereocenters. The van der Waals surface area contributed by atoms with Gasteiger partial charge in [0.05, 0.1) is 6.54 Å². The molecule has 6 nitrogen and oxygen atoms in total. The fourth-order valence-electron chi connectivity index (χ4n) is 1.50. The summed E-state index contributed by atoms with van der Waals surface area (Å²) in [4.78, 5) is 26.5. The number of aromatic nitrogens is 1. The molecule has 2 aromatic rings. The van der Waals surface area contributed by atoms with Crippen LogP contribution in [0.4, 0.5) is 4.79 Å². The monoisotopic (exact) mass is 290 g/mol. The lowest BCUT2D eigenvalue weighted by molar-refractivity contribution is 0.0996. The van der Waals surface area contributed by atoms with E-state index in [4.69, 9.17) is 5.73 Å². The highest BCUT2D eigenvalue weighted by molar-refractivity contribution is 7.09. The average molecular weight is 290 g/mol. The number of amides is 3. The molecule has 1 aromatic heterocycles. The van der Waals surface area contributed by atoms with Crippen molar-refractivity contribution in [1.29, 1.82) is 0 Å². The molecule has 0 radical (unpaired) electrons. The molecule has 0 aliphatic carbocycles. The lowest BCUT2D eigenvalue weighted by Crippen LogP contribution is -2.34. The highest BCUT2D eigenvalue weighted by atomic mass is 32.1. The van der Waals surface area contributed by atoms with Crippen molar-refractivity contribution in [2.45, 2.75) is 13.1 Å². The van der Waals surface area contributed by atoms with Crippen molar-refractivity contribution in [3.63, 3.8) is 0 Å². The van der Waals surface area contributed by atoms with E-state index >= 15 is 0 Å². The van der Waals surface area contributed by atoms with E-state index in [0.717, 1.165) is 5.56 Å². The van der Waals surface area contributed by atoms with Crippen LogP contribution in [0.5, 0.6) is 0 Å². The van der Waals surface area contributed by atoms with E-state index in [0.29, 0.717) is 11.6 Å². The van der Waals surface area contributed by atoms with Crippen molar-refractivity contribution >= 4 is 23.3 Å². The van der Waals surface area contributed by atoms with Gasteiger partial charge in [-0.25, -0.2) is 9.78 Å². The van der Waals surface area contributed by atoms with E-state index in [1.165, 1.54) is 11.3 Å². The second-order valence-corrected chi connectivity index (χ2v) is 4.96. The molecule has 0 aliphatic rings. The molecule has 0 unspecified atom stereocenters. The number of carbonyl (C=O) groups excluding carboxylic acids is 2. The van der Waals surface area contributed by atoms with Gasteiger partial charge in [-0.1, -0.05) is 30.3 Å². The van der Waals surface area contributed by atoms with Crippen LogP contribution >= 0.6 is 11.3 Å². The lowest BCUT2D eigenvalue weighted by atomic mass is 10.2. The summed E-state index contributed by atoms with van der Waals surface area (Å²) < 4.78 is 0. The van der Waals surface area contributed by atoms with E-state index in [1.807, 2.05) is 30.3 Å². The standard InChI is InChI=1S/C13H14N4O2S/c14-12(18)10-8-20-11(17-10)7-16-13(19)15-6-9-4-2-1-3-5-9/h1-5,8H,6-7H2,(H2,14,18)(H2,15,16,19). The van der Waals surface area contributed by atoms with Crippen LogP contribution in [0, 0.1) is 0 Å². The number of benzene rings is 1. The minimum Gasteiger partial charge on any atom is -0.364 e. The maximum Gasteiger partial charge on any atom is 0.315 e. The van der Waals surface area contributed by atoms with E-state index in [1.54, 1.807) is 5.38 Å². The highest BCUT2D eigenvalue weighted by Gasteiger charge is 2.07. The summed E-state index contributed by atoms with van der Waals surface area (Å²) in [5.74, 6) is -0.568. The Morgan fingerprint density at radius 3 is 2.50 bits per heavy atom. The van der Waals surface area contributed by atoms with Crippen LogP contribution in [0.3, 0.4) is 0 Å². The molecule has 104 valence electrons. The summed E-state index contributed by atoms with van der Waals surface area (Å²) in [5, 5.41) is 7.60. The first kappa shape index (κ1) is 14.0. The van der Waals surface area contributed by atoms with Gasteiger partial charge in [-0.15, -0.1) is 11.3 Å². The number of hydrogen-bond acceptors (Lipinski definition) is 4. The fourth-order valence-corrected chi connectivity index (χ4v) is 2.22. The van der Waals surface area contributed by atoms with Crippen LogP contribution in [0.1, 0.15) is 21.1 Å². The molecule has 0 fully saturated rings. The zero-order chi connectivity index (χ0) is 14.4. The van der Waals surface area contributed by atoms with Gasteiger partial charge in [-0.05, 0) is 5.56 Å². The number of thiazole rings is 1. The zero-order valence-electron chi connectivity index (χ0n) is 10.6. The average Bonchev–Trinajstić information content (AvgIpc) is 2.93. The summed E-state index contributed by atoms with van der Waals surface area (Å²) in [6, 6.07) is 9.32. The Morgan fingerprint density at radius 1 is 1.15 bits per heavy atom. The number of nitrogens with zero attached hydrogens (tertiary/aromatic N) is 1. The summed E-state index contributed by atoms with van der Waals surface area (Å²) in [7, 11) is 0. The highest BCUT2D eigenvalue weighted by Crippen LogP contribution is 2.08. The van der Waals surface area contributed by atoms with Gasteiger partial charge >= 0.3 is 6.03 Å². The van der Waals surface area contributed by atoms with Gasteiger partial charge in [0.25, 0.3) is 5.91 Å². The predicted molar refractivity (Wildman–Crippen MR) is 76.1 cm³/mol. The lowest BCUT2D eigenvalue weighted by Gasteiger charge is -2.06. The second-order valence-electron chi connectivity index (χ2n) is 4.01. The van der Waals surface area contributed by atoms with Gasteiger partial charge in [-0.3, -0.25) is 4.79 Å². The van der Waals surface area contributed by atoms with Crippen LogP contribution in [-0.4, -0.2) is 16.9 Å². The maximum absolute atomic E-state index is 11.6. The van der Waals surface area contributed by atoms with Gasteiger partial charge in [0, 0.05) is 11.9 Å². The van der Waals surface area contributed by atoms with Crippen LogP contribution in [0.25, 0.3) is 0 Å². The van der Waals surface area contributed by atoms with Crippen molar-refractivity contribution in [1.82, 2.24) is 15.6 Å². The van der Waals surface area contributed by atoms with Crippen molar-refractivity contribution in [3.05, 3.63) is 52.0 Å². The summed E-state index contributed by atoms with van der Waals surface area (Å²) in [6.45, 7) is 0.718. The molecular formula is C13H14N4O2S. The number of urea groups is 1. The minimum atomic E-state index is -0.568.